The van der Waals surface area contributed by atoms with Crippen molar-refractivity contribution in [2.45, 2.75) is 11.7 Å². The molecule has 0 aromatic heterocycles. The molecule has 1 fully saturated rings. The third-order valence-electron chi connectivity index (χ3n) is 5.05. The molecular weight excluding hydrogens is 392 g/mol. The number of carbonyl (C=O) groups excluding carboxylic acids is 1. The molecule has 0 spiro atoms. The van der Waals surface area contributed by atoms with Crippen LogP contribution in [0.25, 0.3) is 0 Å². The summed E-state index contributed by atoms with van der Waals surface area (Å²) in [6.45, 7) is 1.64. The van der Waals surface area contributed by atoms with E-state index >= 15 is 0 Å². The predicted octanol–water partition coefficient (Wildman–Crippen LogP) is 4.14. The minimum Gasteiger partial charge on any atom is -0.497 e. The number of methoxy groups -OCH3 is 2. The molecule has 8 heteroatoms. The zero-order chi connectivity index (χ0) is 20.2. The number of carbonyl (C=O) groups is 1. The van der Waals surface area contributed by atoms with Crippen molar-refractivity contribution in [3.8, 4) is 23.0 Å². The number of hydrogen-bond donors (Lipinski definition) is 1. The summed E-state index contributed by atoms with van der Waals surface area (Å²) in [6.07, 6.45) is 0.872. The van der Waals surface area contributed by atoms with Gasteiger partial charge in [-0.2, -0.15) is 11.8 Å². The van der Waals surface area contributed by atoms with Crippen molar-refractivity contribution in [3.63, 3.8) is 0 Å². The molecule has 2 aliphatic rings. The van der Waals surface area contributed by atoms with Crippen molar-refractivity contribution in [1.82, 2.24) is 4.90 Å². The Hall–Kier alpha value is -2.74. The summed E-state index contributed by atoms with van der Waals surface area (Å²) in [4.78, 5) is 14.7. The molecule has 2 aliphatic heterocycles. The van der Waals surface area contributed by atoms with Crippen molar-refractivity contribution in [1.29, 1.82) is 0 Å². The minimum absolute atomic E-state index is 0.125. The van der Waals surface area contributed by atoms with Crippen LogP contribution in [0.1, 0.15) is 17.2 Å². The molecule has 1 saturated heterocycles. The first kappa shape index (κ1) is 19.6. The van der Waals surface area contributed by atoms with E-state index in [1.54, 1.807) is 32.4 Å². The molecule has 4 rings (SSSR count). The van der Waals surface area contributed by atoms with Gasteiger partial charge in [0.1, 0.15) is 11.5 Å². The van der Waals surface area contributed by atoms with E-state index in [0.717, 1.165) is 23.7 Å². The van der Waals surface area contributed by atoms with E-state index in [1.165, 1.54) is 5.56 Å². The Bertz CT molecular complexity index is 891. The van der Waals surface area contributed by atoms with Crippen LogP contribution in [-0.2, 0) is 0 Å². The quantitative estimate of drug-likeness (QED) is 0.808. The van der Waals surface area contributed by atoms with Crippen LogP contribution < -0.4 is 24.3 Å². The average molecular weight is 416 g/mol. The van der Waals surface area contributed by atoms with Crippen LogP contribution in [0.5, 0.6) is 23.0 Å². The van der Waals surface area contributed by atoms with Gasteiger partial charge in [-0.15, -0.1) is 0 Å². The minimum atomic E-state index is -0.125. The molecule has 0 radical (unpaired) electrons. The molecule has 2 aromatic carbocycles. The van der Waals surface area contributed by atoms with Gasteiger partial charge in [0, 0.05) is 30.2 Å². The molecule has 29 heavy (non-hydrogen) atoms. The van der Waals surface area contributed by atoms with Gasteiger partial charge in [0.25, 0.3) is 0 Å². The van der Waals surface area contributed by atoms with Crippen molar-refractivity contribution in [3.05, 3.63) is 42.0 Å². The van der Waals surface area contributed by atoms with Crippen molar-refractivity contribution in [2.24, 2.45) is 0 Å². The summed E-state index contributed by atoms with van der Waals surface area (Å²) in [7, 11) is 3.17. The molecule has 2 aromatic rings. The molecule has 154 valence electrons. The van der Waals surface area contributed by atoms with Crippen molar-refractivity contribution < 1.29 is 23.7 Å². The number of nitrogens with zero attached hydrogens (tertiary/aromatic N) is 1. The Balaban J connectivity index is 1.40. The third-order valence-corrected chi connectivity index (χ3v) is 6.38. The van der Waals surface area contributed by atoms with Gasteiger partial charge in [0.2, 0.25) is 6.79 Å². The maximum absolute atomic E-state index is 12.8. The van der Waals surface area contributed by atoms with Crippen LogP contribution in [0.15, 0.2) is 36.4 Å². The highest BCUT2D eigenvalue weighted by atomic mass is 32.2. The van der Waals surface area contributed by atoms with Gasteiger partial charge in [0.05, 0.1) is 19.9 Å². The van der Waals surface area contributed by atoms with E-state index < -0.39 is 0 Å². The standard InChI is InChI=1S/C21H24N2O5S/c1-25-15-4-5-16(18(12-15)26-2)22-21(24)23-8-7-20(29-10-9-23)14-3-6-17-19(11-14)28-13-27-17/h3-6,11-12,20H,7-10,13H2,1-2H3,(H,22,24). The van der Waals surface area contributed by atoms with Crippen LogP contribution in [-0.4, -0.2) is 50.8 Å². The van der Waals surface area contributed by atoms with Crippen LogP contribution >= 0.6 is 11.8 Å². The van der Waals surface area contributed by atoms with Gasteiger partial charge in [-0.1, -0.05) is 6.07 Å². The number of amides is 2. The Kier molecular flexibility index (Phi) is 5.89. The number of hydrogen-bond acceptors (Lipinski definition) is 6. The molecule has 0 aliphatic carbocycles. The Morgan fingerprint density at radius 3 is 2.79 bits per heavy atom. The molecule has 7 nitrogen and oxygen atoms in total. The van der Waals surface area contributed by atoms with E-state index in [0.29, 0.717) is 35.5 Å². The monoisotopic (exact) mass is 416 g/mol. The SMILES string of the molecule is COc1ccc(NC(=O)N2CCSC(c3ccc4c(c3)OCO4)CC2)c(OC)c1. The summed E-state index contributed by atoms with van der Waals surface area (Å²) in [5.41, 5.74) is 1.83. The van der Waals surface area contributed by atoms with E-state index in [9.17, 15) is 4.79 Å². The second kappa shape index (κ2) is 8.73. The molecule has 1 N–H and O–H groups in total. The lowest BCUT2D eigenvalue weighted by molar-refractivity contribution is 0.174. The highest BCUT2D eigenvalue weighted by Crippen LogP contribution is 2.40. The van der Waals surface area contributed by atoms with Crippen molar-refractivity contribution >= 4 is 23.5 Å². The topological polar surface area (TPSA) is 69.3 Å². The zero-order valence-electron chi connectivity index (χ0n) is 16.5. The predicted molar refractivity (Wildman–Crippen MR) is 113 cm³/mol. The van der Waals surface area contributed by atoms with Gasteiger partial charge in [-0.3, -0.25) is 0 Å². The maximum atomic E-state index is 12.8. The molecule has 0 bridgehead atoms. The first-order valence-corrected chi connectivity index (χ1v) is 10.5. The highest BCUT2D eigenvalue weighted by molar-refractivity contribution is 7.99. The number of nitrogens with one attached hydrogen (secondary N) is 1. The van der Waals surface area contributed by atoms with Gasteiger partial charge in [-0.05, 0) is 36.2 Å². The van der Waals surface area contributed by atoms with Gasteiger partial charge in [-0.25, -0.2) is 4.79 Å². The van der Waals surface area contributed by atoms with Crippen molar-refractivity contribution in [2.75, 3.05) is 45.2 Å². The molecule has 2 heterocycles. The molecule has 1 unspecified atom stereocenters. The summed E-state index contributed by atoms with van der Waals surface area (Å²) in [6, 6.07) is 11.3. The molecule has 1 atom stereocenters. The summed E-state index contributed by atoms with van der Waals surface area (Å²) >= 11 is 1.86. The lowest BCUT2D eigenvalue weighted by Crippen LogP contribution is -2.36. The Labute approximate surface area is 174 Å². The average Bonchev–Trinajstić information content (AvgIpc) is 3.08. The lowest BCUT2D eigenvalue weighted by Gasteiger charge is -2.22. The second-order valence-electron chi connectivity index (χ2n) is 6.74. The Morgan fingerprint density at radius 1 is 1.10 bits per heavy atom. The molecule has 2 amide bonds. The fourth-order valence-corrected chi connectivity index (χ4v) is 4.67. The third kappa shape index (κ3) is 4.32. The number of fused-ring (bicyclic) bond motifs is 1. The van der Waals surface area contributed by atoms with Gasteiger partial charge in [0.15, 0.2) is 11.5 Å². The first-order chi connectivity index (χ1) is 14.2. The summed E-state index contributed by atoms with van der Waals surface area (Å²) < 4.78 is 21.5. The summed E-state index contributed by atoms with van der Waals surface area (Å²) in [5.74, 6) is 3.71. The van der Waals surface area contributed by atoms with E-state index in [1.807, 2.05) is 22.7 Å². The number of thioether (sulfide) groups is 1. The van der Waals surface area contributed by atoms with Gasteiger partial charge >= 0.3 is 6.03 Å². The number of urea groups is 1. The van der Waals surface area contributed by atoms with Gasteiger partial charge < -0.3 is 29.2 Å². The largest absolute Gasteiger partial charge is 0.497 e. The molecular formula is C21H24N2O5S. The first-order valence-electron chi connectivity index (χ1n) is 9.47. The van der Waals surface area contributed by atoms with Crippen LogP contribution in [0.3, 0.4) is 0 Å². The van der Waals surface area contributed by atoms with Crippen LogP contribution in [0, 0.1) is 0 Å². The fraction of sp³-hybridized carbons (Fsp3) is 0.381. The van der Waals surface area contributed by atoms with E-state index in [4.69, 9.17) is 18.9 Å². The summed E-state index contributed by atoms with van der Waals surface area (Å²) in [5, 5.41) is 3.28. The maximum Gasteiger partial charge on any atom is 0.321 e. The normalized spacial score (nSPS) is 18.1. The Morgan fingerprint density at radius 2 is 1.97 bits per heavy atom. The van der Waals surface area contributed by atoms with Crippen LogP contribution in [0.4, 0.5) is 10.5 Å². The fourth-order valence-electron chi connectivity index (χ4n) is 3.45. The second-order valence-corrected chi connectivity index (χ2v) is 8.05. The number of rotatable bonds is 4. The zero-order valence-corrected chi connectivity index (χ0v) is 17.3. The smallest absolute Gasteiger partial charge is 0.321 e. The molecule has 0 saturated carbocycles. The number of anilines is 1. The van der Waals surface area contributed by atoms with E-state index in [-0.39, 0.29) is 12.8 Å². The van der Waals surface area contributed by atoms with E-state index in [2.05, 4.69) is 17.4 Å². The van der Waals surface area contributed by atoms with Crippen LogP contribution in [0.2, 0.25) is 0 Å². The number of ether oxygens (including phenoxy) is 4. The lowest BCUT2D eigenvalue weighted by atomic mass is 10.1. The highest BCUT2D eigenvalue weighted by Gasteiger charge is 2.24. The number of benzene rings is 2.